The highest BCUT2D eigenvalue weighted by atomic mass is 16.2. The number of benzene rings is 1. The number of hydrogen-bond acceptors (Lipinski definition) is 4. The SMILES string of the molecule is CCCN(C(=O)CCc1c(C)[nH]c(=O)c(C#N)c1C)C(C)C(=O)Nc1ccccc1. The molecule has 2 rings (SSSR count). The maximum atomic E-state index is 13.0. The summed E-state index contributed by atoms with van der Waals surface area (Å²) < 4.78 is 0. The molecule has 0 aliphatic carbocycles. The van der Waals surface area contributed by atoms with Crippen LogP contribution in [0.1, 0.15) is 49.1 Å². The van der Waals surface area contributed by atoms with Crippen LogP contribution in [0.15, 0.2) is 35.1 Å². The summed E-state index contributed by atoms with van der Waals surface area (Å²) in [5.74, 6) is -0.387. The maximum Gasteiger partial charge on any atom is 0.266 e. The smallest absolute Gasteiger partial charge is 0.266 e. The van der Waals surface area contributed by atoms with Crippen molar-refractivity contribution in [3.63, 3.8) is 0 Å². The largest absolute Gasteiger partial charge is 0.331 e. The molecule has 158 valence electrons. The van der Waals surface area contributed by atoms with Gasteiger partial charge in [0.1, 0.15) is 17.7 Å². The summed E-state index contributed by atoms with van der Waals surface area (Å²) in [7, 11) is 0. The number of rotatable bonds is 8. The minimum Gasteiger partial charge on any atom is -0.331 e. The quantitative estimate of drug-likeness (QED) is 0.700. The Morgan fingerprint density at radius 2 is 1.90 bits per heavy atom. The van der Waals surface area contributed by atoms with Crippen LogP contribution >= 0.6 is 0 Å². The zero-order valence-corrected chi connectivity index (χ0v) is 17.9. The maximum absolute atomic E-state index is 13.0. The van der Waals surface area contributed by atoms with Gasteiger partial charge < -0.3 is 15.2 Å². The number of aromatic amines is 1. The van der Waals surface area contributed by atoms with Crippen molar-refractivity contribution in [1.29, 1.82) is 5.26 Å². The molecule has 0 aliphatic rings. The summed E-state index contributed by atoms with van der Waals surface area (Å²) >= 11 is 0. The topological polar surface area (TPSA) is 106 Å². The predicted molar refractivity (Wildman–Crippen MR) is 116 cm³/mol. The Hall–Kier alpha value is -3.40. The summed E-state index contributed by atoms with van der Waals surface area (Å²) in [6, 6.07) is 10.4. The van der Waals surface area contributed by atoms with Crippen LogP contribution in [0.4, 0.5) is 5.69 Å². The molecule has 2 aromatic rings. The first-order valence-electron chi connectivity index (χ1n) is 10.1. The minimum atomic E-state index is -0.620. The third kappa shape index (κ3) is 5.35. The number of para-hydroxylation sites is 1. The average molecular weight is 409 g/mol. The highest BCUT2D eigenvalue weighted by Gasteiger charge is 2.25. The molecule has 0 fully saturated rings. The van der Waals surface area contributed by atoms with E-state index in [1.807, 2.05) is 31.2 Å². The summed E-state index contributed by atoms with van der Waals surface area (Å²) in [5, 5.41) is 12.1. The molecule has 0 bridgehead atoms. The summed E-state index contributed by atoms with van der Waals surface area (Å²) in [6.45, 7) is 7.62. The number of carbonyl (C=O) groups excluding carboxylic acids is 2. The summed E-state index contributed by atoms with van der Waals surface area (Å²) in [6.07, 6.45) is 1.29. The highest BCUT2D eigenvalue weighted by molar-refractivity contribution is 5.96. The normalized spacial score (nSPS) is 11.4. The summed E-state index contributed by atoms with van der Waals surface area (Å²) in [5.41, 5.74) is 2.38. The molecule has 2 N–H and O–H groups in total. The van der Waals surface area contributed by atoms with Gasteiger partial charge in [-0.15, -0.1) is 0 Å². The number of pyridine rings is 1. The molecule has 1 unspecified atom stereocenters. The number of hydrogen-bond donors (Lipinski definition) is 2. The molecule has 1 aromatic carbocycles. The van der Waals surface area contributed by atoms with Crippen LogP contribution in [0.5, 0.6) is 0 Å². The Kier molecular flexibility index (Phi) is 7.93. The van der Waals surface area contributed by atoms with E-state index in [-0.39, 0.29) is 23.8 Å². The van der Waals surface area contributed by atoms with Crippen molar-refractivity contribution in [1.82, 2.24) is 9.88 Å². The Morgan fingerprint density at radius 3 is 2.50 bits per heavy atom. The molecule has 1 aromatic heterocycles. The molecule has 0 saturated carbocycles. The predicted octanol–water partition coefficient (Wildman–Crippen LogP) is 3.06. The first kappa shape index (κ1) is 22.9. The van der Waals surface area contributed by atoms with Gasteiger partial charge in [0, 0.05) is 24.3 Å². The molecule has 7 nitrogen and oxygen atoms in total. The molecule has 0 aliphatic heterocycles. The van der Waals surface area contributed by atoms with Gasteiger partial charge in [-0.3, -0.25) is 14.4 Å². The molecule has 2 amide bonds. The van der Waals surface area contributed by atoms with Crippen LogP contribution in [0.3, 0.4) is 0 Å². The number of aromatic nitrogens is 1. The Bertz CT molecular complexity index is 1010. The van der Waals surface area contributed by atoms with Crippen LogP contribution in [-0.2, 0) is 16.0 Å². The lowest BCUT2D eigenvalue weighted by atomic mass is 9.98. The van der Waals surface area contributed by atoms with E-state index in [4.69, 9.17) is 0 Å². The first-order chi connectivity index (χ1) is 14.3. The van der Waals surface area contributed by atoms with E-state index < -0.39 is 11.6 Å². The minimum absolute atomic E-state index is 0.0732. The van der Waals surface area contributed by atoms with Crippen LogP contribution in [0.25, 0.3) is 0 Å². The van der Waals surface area contributed by atoms with Gasteiger partial charge in [0.2, 0.25) is 11.8 Å². The number of amides is 2. The van der Waals surface area contributed by atoms with E-state index in [9.17, 15) is 19.6 Å². The fraction of sp³-hybridized carbons (Fsp3) is 0.391. The Balaban J connectivity index is 2.13. The van der Waals surface area contributed by atoms with E-state index in [0.717, 1.165) is 12.0 Å². The van der Waals surface area contributed by atoms with E-state index in [0.29, 0.717) is 29.9 Å². The van der Waals surface area contributed by atoms with Gasteiger partial charge in [0.05, 0.1) is 0 Å². The van der Waals surface area contributed by atoms with Gasteiger partial charge in [0.25, 0.3) is 5.56 Å². The second-order valence-corrected chi connectivity index (χ2v) is 7.29. The zero-order valence-electron chi connectivity index (χ0n) is 17.9. The van der Waals surface area contributed by atoms with Crippen molar-refractivity contribution in [2.75, 3.05) is 11.9 Å². The molecule has 30 heavy (non-hydrogen) atoms. The van der Waals surface area contributed by atoms with Crippen molar-refractivity contribution in [3.05, 3.63) is 63.1 Å². The lowest BCUT2D eigenvalue weighted by Gasteiger charge is -2.28. The number of nitrogens with zero attached hydrogens (tertiary/aromatic N) is 2. The highest BCUT2D eigenvalue weighted by Crippen LogP contribution is 2.17. The van der Waals surface area contributed by atoms with Gasteiger partial charge in [-0.1, -0.05) is 25.1 Å². The van der Waals surface area contributed by atoms with E-state index in [1.165, 1.54) is 0 Å². The molecule has 1 heterocycles. The fourth-order valence-corrected chi connectivity index (χ4v) is 3.48. The second kappa shape index (κ2) is 10.4. The number of H-pyrrole nitrogens is 1. The van der Waals surface area contributed by atoms with Gasteiger partial charge in [-0.2, -0.15) is 5.26 Å². The Morgan fingerprint density at radius 1 is 1.23 bits per heavy atom. The van der Waals surface area contributed by atoms with Crippen molar-refractivity contribution in [2.24, 2.45) is 0 Å². The standard InChI is InChI=1S/C23H28N4O3/c1-5-13-27(17(4)22(29)26-18-9-7-6-8-10-18)21(28)12-11-19-15(2)20(14-24)23(30)25-16(19)3/h6-10,17H,5,11-13H2,1-4H3,(H,25,30)(H,26,29). The number of aryl methyl sites for hydroxylation is 1. The molecule has 0 spiro atoms. The second-order valence-electron chi connectivity index (χ2n) is 7.29. The van der Waals surface area contributed by atoms with Gasteiger partial charge in [0.15, 0.2) is 0 Å². The van der Waals surface area contributed by atoms with Crippen LogP contribution in [0, 0.1) is 25.2 Å². The van der Waals surface area contributed by atoms with Gasteiger partial charge >= 0.3 is 0 Å². The summed E-state index contributed by atoms with van der Waals surface area (Å²) in [4.78, 5) is 41.8. The van der Waals surface area contributed by atoms with Crippen molar-refractivity contribution in [2.45, 2.75) is 53.0 Å². The monoisotopic (exact) mass is 408 g/mol. The van der Waals surface area contributed by atoms with Gasteiger partial charge in [-0.25, -0.2) is 0 Å². The molecule has 0 radical (unpaired) electrons. The van der Waals surface area contributed by atoms with E-state index in [1.54, 1.807) is 37.8 Å². The van der Waals surface area contributed by atoms with Crippen molar-refractivity contribution >= 4 is 17.5 Å². The van der Waals surface area contributed by atoms with E-state index >= 15 is 0 Å². The zero-order chi connectivity index (χ0) is 22.3. The number of nitriles is 1. The average Bonchev–Trinajstić information content (AvgIpc) is 2.72. The van der Waals surface area contributed by atoms with Crippen molar-refractivity contribution in [3.8, 4) is 6.07 Å². The number of anilines is 1. The van der Waals surface area contributed by atoms with Gasteiger partial charge in [-0.05, 0) is 56.9 Å². The molecule has 1 atom stereocenters. The number of nitrogens with one attached hydrogen (secondary N) is 2. The lowest BCUT2D eigenvalue weighted by Crippen LogP contribution is -2.46. The first-order valence-corrected chi connectivity index (χ1v) is 10.1. The Labute approximate surface area is 176 Å². The van der Waals surface area contributed by atoms with Crippen LogP contribution in [-0.4, -0.2) is 34.3 Å². The lowest BCUT2D eigenvalue weighted by molar-refractivity contribution is -0.138. The van der Waals surface area contributed by atoms with Crippen LogP contribution in [0.2, 0.25) is 0 Å². The number of carbonyl (C=O) groups is 2. The molecule has 0 saturated heterocycles. The van der Waals surface area contributed by atoms with Crippen LogP contribution < -0.4 is 10.9 Å². The molecular weight excluding hydrogens is 380 g/mol. The van der Waals surface area contributed by atoms with E-state index in [2.05, 4.69) is 10.3 Å². The third-order valence-electron chi connectivity index (χ3n) is 5.18. The third-order valence-corrected chi connectivity index (χ3v) is 5.18. The molecular formula is C23H28N4O3. The van der Waals surface area contributed by atoms with Crippen molar-refractivity contribution < 1.29 is 9.59 Å². The molecule has 7 heteroatoms. The fourth-order valence-electron chi connectivity index (χ4n) is 3.48.